The highest BCUT2D eigenvalue weighted by atomic mass is 14.3. The molecule has 0 bridgehead atoms. The third-order valence-corrected chi connectivity index (χ3v) is 6.55. The molecule has 2 aliphatic carbocycles. The van der Waals surface area contributed by atoms with E-state index in [-0.39, 0.29) is 0 Å². The van der Waals surface area contributed by atoms with Crippen LogP contribution in [0.25, 0.3) is 0 Å². The Bertz CT molecular complexity index is 257. The Kier molecular flexibility index (Phi) is 5.78. The fraction of sp³-hybridized carbons (Fsp3) is 1.00. The average molecular weight is 264 g/mol. The molecule has 0 amide bonds. The maximum atomic E-state index is 2.51. The van der Waals surface area contributed by atoms with Gasteiger partial charge in [-0.25, -0.2) is 0 Å². The van der Waals surface area contributed by atoms with Crippen LogP contribution in [0.2, 0.25) is 0 Å². The largest absolute Gasteiger partial charge is 0.0651 e. The van der Waals surface area contributed by atoms with Crippen molar-refractivity contribution in [2.24, 2.45) is 35.5 Å². The highest BCUT2D eigenvalue weighted by Crippen LogP contribution is 2.41. The van der Waals surface area contributed by atoms with Gasteiger partial charge in [0.15, 0.2) is 0 Å². The van der Waals surface area contributed by atoms with Gasteiger partial charge < -0.3 is 0 Å². The highest BCUT2D eigenvalue weighted by molar-refractivity contribution is 4.80. The van der Waals surface area contributed by atoms with Crippen LogP contribution in [-0.2, 0) is 0 Å². The number of rotatable bonds is 4. The van der Waals surface area contributed by atoms with Gasteiger partial charge in [0.1, 0.15) is 0 Å². The van der Waals surface area contributed by atoms with Gasteiger partial charge in [-0.3, -0.25) is 0 Å². The van der Waals surface area contributed by atoms with Crippen LogP contribution < -0.4 is 0 Å². The van der Waals surface area contributed by atoms with Gasteiger partial charge in [-0.15, -0.1) is 0 Å². The van der Waals surface area contributed by atoms with Crippen LogP contribution in [0.5, 0.6) is 0 Å². The monoisotopic (exact) mass is 264 g/mol. The Morgan fingerprint density at radius 3 is 2.21 bits per heavy atom. The molecular formula is C19H36. The summed E-state index contributed by atoms with van der Waals surface area (Å²) in [6.45, 7) is 9.86. The first-order chi connectivity index (χ1) is 9.10. The molecule has 0 radical (unpaired) electrons. The first-order valence-corrected chi connectivity index (χ1v) is 9.10. The van der Waals surface area contributed by atoms with Gasteiger partial charge in [0.25, 0.3) is 0 Å². The number of hydrogen-bond donors (Lipinski definition) is 0. The second-order valence-electron chi connectivity index (χ2n) is 8.06. The van der Waals surface area contributed by atoms with Gasteiger partial charge in [-0.2, -0.15) is 0 Å². The summed E-state index contributed by atoms with van der Waals surface area (Å²) in [5.41, 5.74) is 0. The van der Waals surface area contributed by atoms with E-state index in [1.54, 1.807) is 0 Å². The Morgan fingerprint density at radius 2 is 1.53 bits per heavy atom. The van der Waals surface area contributed by atoms with Crippen LogP contribution in [0.3, 0.4) is 0 Å². The lowest BCUT2D eigenvalue weighted by molar-refractivity contribution is 0.147. The zero-order chi connectivity index (χ0) is 13.8. The minimum absolute atomic E-state index is 0.992. The second kappa shape index (κ2) is 7.14. The van der Waals surface area contributed by atoms with Gasteiger partial charge in [0.05, 0.1) is 0 Å². The van der Waals surface area contributed by atoms with Crippen molar-refractivity contribution >= 4 is 0 Å². The van der Waals surface area contributed by atoms with Crippen LogP contribution in [0.15, 0.2) is 0 Å². The van der Waals surface area contributed by atoms with E-state index in [1.165, 1.54) is 57.8 Å². The fourth-order valence-electron chi connectivity index (χ4n) is 4.94. The van der Waals surface area contributed by atoms with Crippen LogP contribution in [-0.4, -0.2) is 0 Å². The second-order valence-corrected chi connectivity index (χ2v) is 8.06. The standard InChI is InChI=1S/C19H36/c1-5-18-10-8-17(13-16(18)4)9-11-19-12-14(2)6-7-15(19)3/h14-19H,5-13H2,1-4H3. The summed E-state index contributed by atoms with van der Waals surface area (Å²) >= 11 is 0. The van der Waals surface area contributed by atoms with Gasteiger partial charge >= 0.3 is 0 Å². The van der Waals surface area contributed by atoms with E-state index >= 15 is 0 Å². The summed E-state index contributed by atoms with van der Waals surface area (Å²) in [7, 11) is 0. The molecule has 0 heteroatoms. The molecule has 6 atom stereocenters. The minimum atomic E-state index is 0.992. The predicted octanol–water partition coefficient (Wildman–Crippen LogP) is 6.30. The molecule has 2 fully saturated rings. The molecule has 19 heavy (non-hydrogen) atoms. The lowest BCUT2D eigenvalue weighted by Crippen LogP contribution is -2.25. The molecule has 0 N–H and O–H groups in total. The van der Waals surface area contributed by atoms with Crippen molar-refractivity contribution in [3.63, 3.8) is 0 Å². The van der Waals surface area contributed by atoms with Crippen molar-refractivity contribution in [3.8, 4) is 0 Å². The Balaban J connectivity index is 1.73. The van der Waals surface area contributed by atoms with Crippen molar-refractivity contribution < 1.29 is 0 Å². The first kappa shape index (κ1) is 15.4. The van der Waals surface area contributed by atoms with E-state index in [0.717, 1.165) is 35.5 Å². The van der Waals surface area contributed by atoms with E-state index in [2.05, 4.69) is 27.7 Å². The van der Waals surface area contributed by atoms with Crippen LogP contribution in [0, 0.1) is 35.5 Å². The summed E-state index contributed by atoms with van der Waals surface area (Å²) in [5.74, 6) is 6.12. The molecule has 2 saturated carbocycles. The van der Waals surface area contributed by atoms with Crippen molar-refractivity contribution in [2.75, 3.05) is 0 Å². The molecule has 0 saturated heterocycles. The Hall–Kier alpha value is 0. The first-order valence-electron chi connectivity index (χ1n) is 9.10. The van der Waals surface area contributed by atoms with Crippen molar-refractivity contribution in [2.45, 2.75) is 85.5 Å². The van der Waals surface area contributed by atoms with Gasteiger partial charge in [0, 0.05) is 0 Å². The van der Waals surface area contributed by atoms with Crippen LogP contribution >= 0.6 is 0 Å². The molecule has 2 aliphatic rings. The molecule has 0 heterocycles. The Morgan fingerprint density at radius 1 is 0.737 bits per heavy atom. The third kappa shape index (κ3) is 4.23. The molecular weight excluding hydrogens is 228 g/mol. The molecule has 0 aliphatic heterocycles. The molecule has 0 aromatic rings. The quantitative estimate of drug-likeness (QED) is 0.559. The summed E-state index contributed by atoms with van der Waals surface area (Å²) in [6, 6.07) is 0. The molecule has 0 nitrogen and oxygen atoms in total. The van der Waals surface area contributed by atoms with E-state index in [1.807, 2.05) is 0 Å². The van der Waals surface area contributed by atoms with Gasteiger partial charge in [-0.1, -0.05) is 59.8 Å². The molecule has 0 aromatic carbocycles. The lowest BCUT2D eigenvalue weighted by atomic mass is 9.69. The summed E-state index contributed by atoms with van der Waals surface area (Å²) in [4.78, 5) is 0. The smallest absolute Gasteiger partial charge is 0.0386 e. The maximum absolute atomic E-state index is 2.51. The summed E-state index contributed by atoms with van der Waals surface area (Å²) in [6.07, 6.45) is 13.5. The van der Waals surface area contributed by atoms with Gasteiger partial charge in [-0.05, 0) is 61.2 Å². The molecule has 0 spiro atoms. The van der Waals surface area contributed by atoms with E-state index < -0.39 is 0 Å². The molecule has 2 rings (SSSR count). The SMILES string of the molecule is CCC1CCC(CCC2CC(C)CCC2C)CC1C. The van der Waals surface area contributed by atoms with Crippen molar-refractivity contribution in [1.29, 1.82) is 0 Å². The predicted molar refractivity (Wildman–Crippen MR) is 85.2 cm³/mol. The van der Waals surface area contributed by atoms with Crippen LogP contribution in [0.4, 0.5) is 0 Å². The Labute approximate surface area is 121 Å². The van der Waals surface area contributed by atoms with E-state index in [0.29, 0.717) is 0 Å². The summed E-state index contributed by atoms with van der Waals surface area (Å²) in [5, 5.41) is 0. The maximum Gasteiger partial charge on any atom is -0.0386 e. The van der Waals surface area contributed by atoms with E-state index in [9.17, 15) is 0 Å². The minimum Gasteiger partial charge on any atom is -0.0651 e. The molecule has 6 unspecified atom stereocenters. The highest BCUT2D eigenvalue weighted by Gasteiger charge is 2.29. The molecule has 0 aromatic heterocycles. The zero-order valence-corrected chi connectivity index (χ0v) is 13.8. The normalized spacial score (nSPS) is 44.2. The number of hydrogen-bond acceptors (Lipinski definition) is 0. The average Bonchev–Trinajstić information content (AvgIpc) is 2.40. The summed E-state index contributed by atoms with van der Waals surface area (Å²) < 4.78 is 0. The lowest BCUT2D eigenvalue weighted by Gasteiger charge is -2.37. The van der Waals surface area contributed by atoms with Crippen molar-refractivity contribution in [1.82, 2.24) is 0 Å². The zero-order valence-electron chi connectivity index (χ0n) is 13.8. The third-order valence-electron chi connectivity index (χ3n) is 6.55. The van der Waals surface area contributed by atoms with E-state index in [4.69, 9.17) is 0 Å². The molecule has 112 valence electrons. The van der Waals surface area contributed by atoms with Crippen LogP contribution in [0.1, 0.15) is 85.5 Å². The van der Waals surface area contributed by atoms with Crippen molar-refractivity contribution in [3.05, 3.63) is 0 Å². The topological polar surface area (TPSA) is 0 Å². The fourth-order valence-corrected chi connectivity index (χ4v) is 4.94. The van der Waals surface area contributed by atoms with Gasteiger partial charge in [0.2, 0.25) is 0 Å².